The first-order valence-electron chi connectivity index (χ1n) is 7.94. The fourth-order valence-electron chi connectivity index (χ4n) is 3.25. The molecule has 0 spiro atoms. The Kier molecular flexibility index (Phi) is 5.86. The van der Waals surface area contributed by atoms with Gasteiger partial charge >= 0.3 is 0 Å². The topological polar surface area (TPSA) is 15.3 Å². The van der Waals surface area contributed by atoms with Crippen molar-refractivity contribution >= 4 is 11.6 Å². The molecule has 2 nitrogen and oxygen atoms in total. The van der Waals surface area contributed by atoms with Crippen LogP contribution in [0.3, 0.4) is 0 Å². The van der Waals surface area contributed by atoms with Crippen molar-refractivity contribution in [2.75, 3.05) is 19.6 Å². The lowest BCUT2D eigenvalue weighted by Gasteiger charge is -2.48. The number of piperazine rings is 1. The van der Waals surface area contributed by atoms with E-state index in [-0.39, 0.29) is 5.54 Å². The molecule has 1 unspecified atom stereocenters. The quantitative estimate of drug-likeness (QED) is 0.871. The van der Waals surface area contributed by atoms with Gasteiger partial charge in [0.2, 0.25) is 0 Å². The molecule has 0 aromatic heterocycles. The van der Waals surface area contributed by atoms with Crippen LogP contribution >= 0.6 is 11.6 Å². The molecule has 0 saturated carbocycles. The van der Waals surface area contributed by atoms with Crippen molar-refractivity contribution in [3.8, 4) is 0 Å². The summed E-state index contributed by atoms with van der Waals surface area (Å²) in [6, 6.07) is 11.2. The van der Waals surface area contributed by atoms with Crippen molar-refractivity contribution in [1.29, 1.82) is 0 Å². The molecule has 0 aliphatic carbocycles. The van der Waals surface area contributed by atoms with E-state index in [0.29, 0.717) is 6.04 Å². The van der Waals surface area contributed by atoms with Crippen LogP contribution in [0.15, 0.2) is 41.4 Å². The average Bonchev–Trinajstić information content (AvgIpc) is 2.55. The van der Waals surface area contributed by atoms with Gasteiger partial charge in [0.1, 0.15) is 0 Å². The summed E-state index contributed by atoms with van der Waals surface area (Å²) in [6.45, 7) is 9.68. The van der Waals surface area contributed by atoms with E-state index < -0.39 is 0 Å². The summed E-state index contributed by atoms with van der Waals surface area (Å²) in [5.74, 6) is 0. The molecule has 0 radical (unpaired) electrons. The fourth-order valence-corrected chi connectivity index (χ4v) is 3.31. The summed E-state index contributed by atoms with van der Waals surface area (Å²) >= 11 is 5.90. The Morgan fingerprint density at radius 3 is 2.57 bits per heavy atom. The van der Waals surface area contributed by atoms with Crippen LogP contribution in [0.4, 0.5) is 0 Å². The third kappa shape index (κ3) is 3.88. The molecule has 1 aromatic rings. The highest BCUT2D eigenvalue weighted by Crippen LogP contribution is 2.31. The number of halogens is 1. The monoisotopic (exact) mass is 306 g/mol. The molecule has 1 N–H and O–H groups in total. The second-order valence-corrected chi connectivity index (χ2v) is 6.37. The predicted octanol–water partition coefficient (Wildman–Crippen LogP) is 4.33. The van der Waals surface area contributed by atoms with E-state index in [0.717, 1.165) is 32.5 Å². The third-order valence-corrected chi connectivity index (χ3v) is 5.17. The van der Waals surface area contributed by atoms with Gasteiger partial charge in [-0.25, -0.2) is 0 Å². The van der Waals surface area contributed by atoms with E-state index in [1.54, 1.807) is 5.54 Å². The summed E-state index contributed by atoms with van der Waals surface area (Å²) < 4.78 is 0. The van der Waals surface area contributed by atoms with Gasteiger partial charge in [-0.15, -0.1) is 0 Å². The Morgan fingerprint density at radius 1 is 1.33 bits per heavy atom. The molecule has 0 amide bonds. The smallest absolute Gasteiger partial charge is 0.0477 e. The second kappa shape index (κ2) is 7.44. The standard InChI is InChI=1S/C18H27ClN2/c1-4-18(5-2)14-21(13-15(3)11-19)17(12-20-18)16-9-7-6-8-10-16/h6-11,17,20H,4-5,12-14H2,1-3H3/b15-11+. The lowest BCUT2D eigenvalue weighted by atomic mass is 9.87. The van der Waals surface area contributed by atoms with Gasteiger partial charge in [0.25, 0.3) is 0 Å². The van der Waals surface area contributed by atoms with Crippen LogP contribution in [0, 0.1) is 0 Å². The lowest BCUT2D eigenvalue weighted by Crippen LogP contribution is -2.60. The molecule has 1 atom stereocenters. The zero-order valence-corrected chi connectivity index (χ0v) is 14.2. The van der Waals surface area contributed by atoms with Crippen molar-refractivity contribution in [2.45, 2.75) is 45.2 Å². The van der Waals surface area contributed by atoms with Crippen molar-refractivity contribution in [3.05, 3.63) is 47.0 Å². The molecule has 116 valence electrons. The molecular formula is C18H27ClN2. The molecular weight excluding hydrogens is 280 g/mol. The maximum absolute atomic E-state index is 5.90. The minimum absolute atomic E-state index is 0.234. The van der Waals surface area contributed by atoms with Crippen LogP contribution in [0.1, 0.15) is 45.2 Å². The van der Waals surface area contributed by atoms with Gasteiger partial charge in [0, 0.05) is 36.8 Å². The van der Waals surface area contributed by atoms with Gasteiger partial charge in [-0.1, -0.05) is 55.8 Å². The highest BCUT2D eigenvalue weighted by atomic mass is 35.5. The van der Waals surface area contributed by atoms with E-state index in [4.69, 9.17) is 11.6 Å². The molecule has 1 aliphatic heterocycles. The van der Waals surface area contributed by atoms with Crippen molar-refractivity contribution in [2.24, 2.45) is 0 Å². The molecule has 2 rings (SSSR count). The Labute approximate surface area is 134 Å². The number of benzene rings is 1. The van der Waals surface area contributed by atoms with E-state index in [1.165, 1.54) is 11.1 Å². The maximum atomic E-state index is 5.90. The first kappa shape index (κ1) is 16.5. The Bertz CT molecular complexity index is 465. The highest BCUT2D eigenvalue weighted by Gasteiger charge is 2.37. The van der Waals surface area contributed by atoms with E-state index in [2.05, 4.69) is 61.3 Å². The number of nitrogens with zero attached hydrogens (tertiary/aromatic N) is 1. The number of rotatable bonds is 5. The molecule has 1 aromatic carbocycles. The van der Waals surface area contributed by atoms with Crippen LogP contribution < -0.4 is 5.32 Å². The largest absolute Gasteiger partial charge is 0.308 e. The van der Waals surface area contributed by atoms with Crippen LogP contribution in [0.2, 0.25) is 0 Å². The number of hydrogen-bond acceptors (Lipinski definition) is 2. The van der Waals surface area contributed by atoms with Crippen molar-refractivity contribution < 1.29 is 0 Å². The highest BCUT2D eigenvalue weighted by molar-refractivity contribution is 6.25. The number of hydrogen-bond donors (Lipinski definition) is 1. The Morgan fingerprint density at radius 2 is 2.00 bits per heavy atom. The van der Waals surface area contributed by atoms with Crippen LogP contribution in [-0.2, 0) is 0 Å². The lowest BCUT2D eigenvalue weighted by molar-refractivity contribution is 0.0805. The molecule has 21 heavy (non-hydrogen) atoms. The molecule has 1 saturated heterocycles. The van der Waals surface area contributed by atoms with E-state index in [1.807, 2.05) is 0 Å². The fraction of sp³-hybridized carbons (Fsp3) is 0.556. The van der Waals surface area contributed by atoms with Gasteiger partial charge in [0.05, 0.1) is 0 Å². The number of nitrogens with one attached hydrogen (secondary N) is 1. The summed E-state index contributed by atoms with van der Waals surface area (Å²) in [6.07, 6.45) is 2.32. The van der Waals surface area contributed by atoms with Gasteiger partial charge in [-0.3, -0.25) is 4.90 Å². The zero-order valence-electron chi connectivity index (χ0n) is 13.4. The van der Waals surface area contributed by atoms with Crippen molar-refractivity contribution in [1.82, 2.24) is 10.2 Å². The van der Waals surface area contributed by atoms with Gasteiger partial charge in [0.15, 0.2) is 0 Å². The maximum Gasteiger partial charge on any atom is 0.0477 e. The summed E-state index contributed by atoms with van der Waals surface area (Å²) in [5, 5.41) is 3.81. The third-order valence-electron chi connectivity index (χ3n) is 4.79. The van der Waals surface area contributed by atoms with Gasteiger partial charge in [-0.2, -0.15) is 0 Å². The summed E-state index contributed by atoms with van der Waals surface area (Å²) in [5.41, 5.74) is 4.55. The van der Waals surface area contributed by atoms with Gasteiger partial charge < -0.3 is 5.32 Å². The Balaban J connectivity index is 2.24. The second-order valence-electron chi connectivity index (χ2n) is 6.16. The first-order chi connectivity index (χ1) is 10.1. The van der Waals surface area contributed by atoms with Gasteiger partial charge in [-0.05, 0) is 30.9 Å². The minimum Gasteiger partial charge on any atom is -0.308 e. The molecule has 1 fully saturated rings. The minimum atomic E-state index is 0.234. The normalized spacial score (nSPS) is 23.2. The predicted molar refractivity (Wildman–Crippen MR) is 91.7 cm³/mol. The van der Waals surface area contributed by atoms with E-state index >= 15 is 0 Å². The molecule has 1 aliphatic rings. The van der Waals surface area contributed by atoms with E-state index in [9.17, 15) is 0 Å². The SMILES string of the molecule is CCC1(CC)CN(C/C(C)=C/Cl)C(c2ccccc2)CN1. The molecule has 3 heteroatoms. The van der Waals surface area contributed by atoms with Crippen LogP contribution in [-0.4, -0.2) is 30.1 Å². The average molecular weight is 307 g/mol. The first-order valence-corrected chi connectivity index (χ1v) is 8.37. The summed E-state index contributed by atoms with van der Waals surface area (Å²) in [7, 11) is 0. The molecule has 0 bridgehead atoms. The Hall–Kier alpha value is -0.830. The summed E-state index contributed by atoms with van der Waals surface area (Å²) in [4.78, 5) is 2.58. The van der Waals surface area contributed by atoms with Crippen LogP contribution in [0.5, 0.6) is 0 Å². The zero-order chi connectivity index (χ0) is 15.3. The van der Waals surface area contributed by atoms with Crippen molar-refractivity contribution in [3.63, 3.8) is 0 Å². The van der Waals surface area contributed by atoms with Crippen LogP contribution in [0.25, 0.3) is 0 Å². The molecule has 1 heterocycles.